The van der Waals surface area contributed by atoms with E-state index in [0.29, 0.717) is 28.1 Å². The van der Waals surface area contributed by atoms with Crippen LogP contribution < -0.4 is 25.5 Å². The molecule has 2 aromatic heterocycles. The molecule has 2 N–H and O–H groups in total. The van der Waals surface area contributed by atoms with Crippen LogP contribution in [-0.2, 0) is 0 Å². The van der Waals surface area contributed by atoms with Gasteiger partial charge in [-0.05, 0) is 48.0 Å². The quantitative estimate of drug-likeness (QED) is 0.558. The Labute approximate surface area is 163 Å². The second-order valence-electron chi connectivity index (χ2n) is 6.48. The molecule has 0 spiro atoms. The van der Waals surface area contributed by atoms with Gasteiger partial charge in [0, 0.05) is 11.1 Å². The van der Waals surface area contributed by atoms with Crippen molar-refractivity contribution in [2.75, 3.05) is 13.9 Å². The molecule has 8 heteroatoms. The Morgan fingerprint density at radius 2 is 1.69 bits per heavy atom. The number of methoxy groups -OCH3 is 1. The first-order chi connectivity index (χ1) is 14.1. The highest BCUT2D eigenvalue weighted by Gasteiger charge is 2.18. The fraction of sp³-hybridized carbons (Fsp3) is 0.0952. The molecular formula is C21H15N3O5. The van der Waals surface area contributed by atoms with E-state index in [2.05, 4.69) is 15.0 Å². The van der Waals surface area contributed by atoms with Crippen molar-refractivity contribution in [1.29, 1.82) is 0 Å². The lowest BCUT2D eigenvalue weighted by atomic mass is 10.00. The van der Waals surface area contributed by atoms with Crippen LogP contribution in [0.5, 0.6) is 17.2 Å². The average molecular weight is 389 g/mol. The number of pyridine rings is 1. The van der Waals surface area contributed by atoms with E-state index in [-0.39, 0.29) is 12.4 Å². The van der Waals surface area contributed by atoms with Gasteiger partial charge < -0.3 is 14.2 Å². The first kappa shape index (κ1) is 17.1. The van der Waals surface area contributed by atoms with Crippen molar-refractivity contribution in [3.63, 3.8) is 0 Å². The Hall–Kier alpha value is -4.07. The van der Waals surface area contributed by atoms with Gasteiger partial charge in [-0.1, -0.05) is 6.07 Å². The predicted octanol–water partition coefficient (Wildman–Crippen LogP) is 2.68. The summed E-state index contributed by atoms with van der Waals surface area (Å²) in [5, 5.41) is 0.292. The summed E-state index contributed by atoms with van der Waals surface area (Å²) in [6.45, 7) is 0.154. The molecule has 0 unspecified atom stereocenters. The Balaban J connectivity index is 1.78. The normalized spacial score (nSPS) is 12.3. The van der Waals surface area contributed by atoms with Crippen LogP contribution in [0, 0.1) is 0 Å². The first-order valence-corrected chi connectivity index (χ1v) is 8.84. The van der Waals surface area contributed by atoms with Crippen LogP contribution in [0.3, 0.4) is 0 Å². The van der Waals surface area contributed by atoms with Crippen LogP contribution in [0.1, 0.15) is 0 Å². The molecule has 0 saturated heterocycles. The number of H-pyrrole nitrogens is 2. The van der Waals surface area contributed by atoms with Crippen LogP contribution in [0.2, 0.25) is 0 Å². The third kappa shape index (κ3) is 2.91. The standard InChI is InChI=1S/C21H15N3O5/c1-27-13-5-2-11(3-6-13)15-9-14(12-4-7-16-17(8-12)29-10-28-16)18-19(22-15)23-21(26)24-20(18)25/h2-9H,10H2,1H3,(H2,22,23,24,25,26). The molecule has 1 aliphatic rings. The summed E-state index contributed by atoms with van der Waals surface area (Å²) in [6.07, 6.45) is 0. The van der Waals surface area contributed by atoms with E-state index in [1.807, 2.05) is 36.4 Å². The van der Waals surface area contributed by atoms with Crippen molar-refractivity contribution in [1.82, 2.24) is 15.0 Å². The van der Waals surface area contributed by atoms with Crippen LogP contribution >= 0.6 is 0 Å². The molecule has 0 amide bonds. The summed E-state index contributed by atoms with van der Waals surface area (Å²) < 4.78 is 16.0. The molecule has 2 aromatic carbocycles. The molecule has 1 aliphatic heterocycles. The summed E-state index contributed by atoms with van der Waals surface area (Å²) >= 11 is 0. The zero-order chi connectivity index (χ0) is 20.0. The smallest absolute Gasteiger partial charge is 0.327 e. The van der Waals surface area contributed by atoms with E-state index < -0.39 is 11.2 Å². The maximum Gasteiger partial charge on any atom is 0.327 e. The van der Waals surface area contributed by atoms with E-state index in [1.165, 1.54) is 0 Å². The molecule has 144 valence electrons. The number of nitrogens with zero attached hydrogens (tertiary/aromatic N) is 1. The molecule has 0 radical (unpaired) electrons. The molecular weight excluding hydrogens is 374 g/mol. The van der Waals surface area contributed by atoms with Gasteiger partial charge in [-0.15, -0.1) is 0 Å². The zero-order valence-electron chi connectivity index (χ0n) is 15.3. The maximum absolute atomic E-state index is 12.6. The minimum absolute atomic E-state index is 0.154. The number of aromatic nitrogens is 3. The van der Waals surface area contributed by atoms with Crippen molar-refractivity contribution in [3.8, 4) is 39.6 Å². The lowest BCUT2D eigenvalue weighted by molar-refractivity contribution is 0.174. The Bertz CT molecular complexity index is 1360. The third-order valence-corrected chi connectivity index (χ3v) is 4.77. The van der Waals surface area contributed by atoms with E-state index >= 15 is 0 Å². The monoisotopic (exact) mass is 389 g/mol. The highest BCUT2D eigenvalue weighted by molar-refractivity contribution is 5.94. The number of hydrogen-bond acceptors (Lipinski definition) is 6. The second-order valence-corrected chi connectivity index (χ2v) is 6.48. The van der Waals surface area contributed by atoms with Crippen molar-refractivity contribution in [3.05, 3.63) is 69.4 Å². The largest absolute Gasteiger partial charge is 0.497 e. The van der Waals surface area contributed by atoms with Gasteiger partial charge in [0.25, 0.3) is 5.56 Å². The topological polar surface area (TPSA) is 106 Å². The van der Waals surface area contributed by atoms with Gasteiger partial charge in [0.1, 0.15) is 11.4 Å². The molecule has 0 bridgehead atoms. The number of aromatic amines is 2. The number of fused-ring (bicyclic) bond motifs is 2. The lowest BCUT2D eigenvalue weighted by Gasteiger charge is -2.10. The zero-order valence-corrected chi connectivity index (χ0v) is 15.3. The molecule has 3 heterocycles. The van der Waals surface area contributed by atoms with Crippen LogP contribution in [0.4, 0.5) is 0 Å². The number of ether oxygens (including phenoxy) is 3. The Morgan fingerprint density at radius 3 is 2.48 bits per heavy atom. The fourth-order valence-electron chi connectivity index (χ4n) is 3.37. The average Bonchev–Trinajstić information content (AvgIpc) is 3.20. The number of rotatable bonds is 3. The molecule has 0 saturated carbocycles. The molecule has 4 aromatic rings. The Morgan fingerprint density at radius 1 is 0.931 bits per heavy atom. The van der Waals surface area contributed by atoms with Crippen molar-refractivity contribution >= 4 is 11.0 Å². The van der Waals surface area contributed by atoms with Crippen LogP contribution in [-0.4, -0.2) is 28.9 Å². The summed E-state index contributed by atoms with van der Waals surface area (Å²) in [5.41, 5.74) is 1.87. The van der Waals surface area contributed by atoms with Gasteiger partial charge in [-0.25, -0.2) is 9.78 Å². The van der Waals surface area contributed by atoms with Gasteiger partial charge in [0.15, 0.2) is 11.5 Å². The van der Waals surface area contributed by atoms with Gasteiger partial charge in [0.05, 0.1) is 18.2 Å². The number of nitrogens with one attached hydrogen (secondary N) is 2. The van der Waals surface area contributed by atoms with Crippen LogP contribution in [0.15, 0.2) is 58.1 Å². The lowest BCUT2D eigenvalue weighted by Crippen LogP contribution is -2.23. The molecule has 5 rings (SSSR count). The van der Waals surface area contributed by atoms with Crippen LogP contribution in [0.25, 0.3) is 33.4 Å². The Kier molecular flexibility index (Phi) is 3.83. The minimum atomic E-state index is -0.612. The molecule has 29 heavy (non-hydrogen) atoms. The third-order valence-electron chi connectivity index (χ3n) is 4.77. The molecule has 0 aliphatic carbocycles. The van der Waals surface area contributed by atoms with Crippen molar-refractivity contribution < 1.29 is 14.2 Å². The summed E-state index contributed by atoms with van der Waals surface area (Å²) in [7, 11) is 1.60. The van der Waals surface area contributed by atoms with E-state index in [0.717, 1.165) is 16.9 Å². The van der Waals surface area contributed by atoms with Gasteiger partial charge >= 0.3 is 5.69 Å². The maximum atomic E-state index is 12.6. The summed E-state index contributed by atoms with van der Waals surface area (Å²) in [5.74, 6) is 1.96. The van der Waals surface area contributed by atoms with Crippen molar-refractivity contribution in [2.24, 2.45) is 0 Å². The van der Waals surface area contributed by atoms with Crippen molar-refractivity contribution in [2.45, 2.75) is 0 Å². The van der Waals surface area contributed by atoms with Gasteiger partial charge in [-0.3, -0.25) is 14.8 Å². The number of hydrogen-bond donors (Lipinski definition) is 2. The highest BCUT2D eigenvalue weighted by Crippen LogP contribution is 2.38. The first-order valence-electron chi connectivity index (χ1n) is 8.84. The fourth-order valence-corrected chi connectivity index (χ4v) is 3.37. The van der Waals surface area contributed by atoms with E-state index in [4.69, 9.17) is 14.2 Å². The SMILES string of the molecule is COc1ccc(-c2cc(-c3ccc4c(c3)OCO4)c3c(=O)[nH]c(=O)[nH]c3n2)cc1. The summed E-state index contributed by atoms with van der Waals surface area (Å²) in [4.78, 5) is 33.8. The molecule has 0 fully saturated rings. The summed E-state index contributed by atoms with van der Waals surface area (Å²) in [6, 6.07) is 14.6. The van der Waals surface area contributed by atoms with Gasteiger partial charge in [0.2, 0.25) is 6.79 Å². The van der Waals surface area contributed by atoms with E-state index in [1.54, 1.807) is 19.2 Å². The second kappa shape index (κ2) is 6.52. The van der Waals surface area contributed by atoms with E-state index in [9.17, 15) is 9.59 Å². The highest BCUT2D eigenvalue weighted by atomic mass is 16.7. The number of benzene rings is 2. The van der Waals surface area contributed by atoms with Gasteiger partial charge in [-0.2, -0.15) is 0 Å². The predicted molar refractivity (Wildman–Crippen MR) is 107 cm³/mol. The molecule has 0 atom stereocenters. The minimum Gasteiger partial charge on any atom is -0.497 e. The molecule has 8 nitrogen and oxygen atoms in total.